The number of carboxylic acid groups (broad SMARTS) is 1. The van der Waals surface area contributed by atoms with Gasteiger partial charge in [-0.25, -0.2) is 14.2 Å². The summed E-state index contributed by atoms with van der Waals surface area (Å²) in [5.74, 6) is -1.66. The Hall–Kier alpha value is -2.46. The number of aryl methyl sites for hydroxylation is 1. The molecule has 2 N–H and O–H groups in total. The molecule has 0 unspecified atom stereocenters. The predicted molar refractivity (Wildman–Crippen MR) is 68.2 cm³/mol. The van der Waals surface area contributed by atoms with Crippen LogP contribution in [-0.2, 0) is 0 Å². The first-order valence-corrected chi connectivity index (χ1v) is 6.00. The second kappa shape index (κ2) is 5.04. The molecule has 0 aliphatic rings. The average molecular weight is 277 g/mol. The number of aromatic nitrogens is 1. The molecule has 7 heteroatoms. The van der Waals surface area contributed by atoms with Crippen molar-refractivity contribution in [2.24, 2.45) is 0 Å². The molecule has 1 heterocycles. The summed E-state index contributed by atoms with van der Waals surface area (Å²) in [6.45, 7) is 1.57. The van der Waals surface area contributed by atoms with E-state index < -0.39 is 11.8 Å². The van der Waals surface area contributed by atoms with E-state index in [0.29, 0.717) is 10.8 Å². The summed E-state index contributed by atoms with van der Waals surface area (Å²) in [6.07, 6.45) is 0. The second-order valence-electron chi connectivity index (χ2n) is 3.67. The summed E-state index contributed by atoms with van der Waals surface area (Å²) in [5.41, 5.74) is 0.725. The summed E-state index contributed by atoms with van der Waals surface area (Å²) in [4.78, 5) is 15.0. The van der Waals surface area contributed by atoms with E-state index in [2.05, 4.69) is 10.3 Å². The third-order valence-electron chi connectivity index (χ3n) is 2.33. The van der Waals surface area contributed by atoms with Gasteiger partial charge in [0.15, 0.2) is 5.13 Å². The maximum Gasteiger partial charge on any atom is 0.347 e. The van der Waals surface area contributed by atoms with Crippen molar-refractivity contribution in [1.82, 2.24) is 4.98 Å². The molecule has 0 aliphatic heterocycles. The molecule has 0 fully saturated rings. The molecule has 0 amide bonds. The lowest BCUT2D eigenvalue weighted by Crippen LogP contribution is -1.94. The predicted octanol–water partition coefficient (Wildman–Crippen LogP) is 2.90. The summed E-state index contributed by atoms with van der Waals surface area (Å²) < 4.78 is 13.6. The van der Waals surface area contributed by atoms with Crippen molar-refractivity contribution in [3.63, 3.8) is 0 Å². The Morgan fingerprint density at radius 1 is 1.58 bits per heavy atom. The number of carbonyl (C=O) groups is 1. The van der Waals surface area contributed by atoms with Gasteiger partial charge in [0.25, 0.3) is 0 Å². The number of nitriles is 1. The number of anilines is 2. The van der Waals surface area contributed by atoms with Crippen molar-refractivity contribution >= 4 is 28.1 Å². The van der Waals surface area contributed by atoms with E-state index in [-0.39, 0.29) is 16.1 Å². The molecule has 0 spiro atoms. The van der Waals surface area contributed by atoms with Crippen LogP contribution in [0, 0.1) is 24.1 Å². The monoisotopic (exact) mass is 277 g/mol. The molecule has 5 nitrogen and oxygen atoms in total. The number of thiazole rings is 1. The quantitative estimate of drug-likeness (QED) is 0.900. The van der Waals surface area contributed by atoms with Gasteiger partial charge in [0, 0.05) is 0 Å². The highest BCUT2D eigenvalue weighted by Gasteiger charge is 2.14. The topological polar surface area (TPSA) is 86.0 Å². The van der Waals surface area contributed by atoms with E-state index in [9.17, 15) is 9.18 Å². The Bertz CT molecular complexity index is 691. The van der Waals surface area contributed by atoms with Crippen LogP contribution in [0.2, 0.25) is 0 Å². The van der Waals surface area contributed by atoms with Crippen LogP contribution in [-0.4, -0.2) is 16.1 Å². The van der Waals surface area contributed by atoms with E-state index in [1.165, 1.54) is 12.1 Å². The van der Waals surface area contributed by atoms with Crippen molar-refractivity contribution in [2.45, 2.75) is 6.92 Å². The number of hydrogen-bond acceptors (Lipinski definition) is 5. The fraction of sp³-hybridized carbons (Fsp3) is 0.0833. The van der Waals surface area contributed by atoms with Gasteiger partial charge in [0.05, 0.1) is 23.0 Å². The first kappa shape index (κ1) is 13.0. The number of carboxylic acids is 1. The lowest BCUT2D eigenvalue weighted by Gasteiger charge is -2.03. The van der Waals surface area contributed by atoms with Gasteiger partial charge in [0.1, 0.15) is 10.7 Å². The van der Waals surface area contributed by atoms with Crippen LogP contribution >= 0.6 is 11.3 Å². The van der Waals surface area contributed by atoms with Gasteiger partial charge in [-0.1, -0.05) is 11.3 Å². The average Bonchev–Trinajstić information content (AvgIpc) is 2.73. The third kappa shape index (κ3) is 2.69. The number of benzene rings is 1. The SMILES string of the molecule is Cc1nc(Nc2ccc(C#N)cc2F)sc1C(=O)O. The van der Waals surface area contributed by atoms with E-state index in [1.54, 1.807) is 6.92 Å². The molecule has 2 aromatic rings. The van der Waals surface area contributed by atoms with E-state index >= 15 is 0 Å². The van der Waals surface area contributed by atoms with E-state index in [0.717, 1.165) is 17.4 Å². The van der Waals surface area contributed by atoms with Crippen molar-refractivity contribution < 1.29 is 14.3 Å². The molecule has 2 rings (SSSR count). The molecule has 1 aromatic heterocycles. The van der Waals surface area contributed by atoms with Crippen molar-refractivity contribution in [3.8, 4) is 6.07 Å². The standard InChI is InChI=1S/C12H8FN3O2S/c1-6-10(11(17)18)19-12(15-6)16-9-3-2-7(5-14)4-8(9)13/h2-4H,1H3,(H,15,16)(H,17,18). The lowest BCUT2D eigenvalue weighted by molar-refractivity contribution is 0.0701. The zero-order valence-corrected chi connectivity index (χ0v) is 10.6. The summed E-state index contributed by atoms with van der Waals surface area (Å²) in [7, 11) is 0. The van der Waals surface area contributed by atoms with Gasteiger partial charge in [-0.05, 0) is 25.1 Å². The van der Waals surface area contributed by atoms with Crippen LogP contribution in [0.4, 0.5) is 15.2 Å². The summed E-state index contributed by atoms with van der Waals surface area (Å²) in [5, 5.41) is 20.5. The minimum atomic E-state index is -1.07. The number of nitrogens with one attached hydrogen (secondary N) is 1. The first-order chi connectivity index (χ1) is 9.01. The molecule has 0 bridgehead atoms. The summed E-state index contributed by atoms with van der Waals surface area (Å²) >= 11 is 0.928. The number of hydrogen-bond donors (Lipinski definition) is 2. The van der Waals surface area contributed by atoms with Crippen LogP contribution in [0.5, 0.6) is 0 Å². The molecular weight excluding hydrogens is 269 g/mol. The van der Waals surface area contributed by atoms with Crippen molar-refractivity contribution in [2.75, 3.05) is 5.32 Å². The number of nitrogens with zero attached hydrogens (tertiary/aromatic N) is 2. The van der Waals surface area contributed by atoms with Gasteiger partial charge in [-0.15, -0.1) is 0 Å². The maximum atomic E-state index is 13.6. The molecule has 0 atom stereocenters. The lowest BCUT2D eigenvalue weighted by atomic mass is 10.2. The van der Waals surface area contributed by atoms with Gasteiger partial charge in [-0.2, -0.15) is 5.26 Å². The fourth-order valence-electron chi connectivity index (χ4n) is 1.45. The number of aromatic carboxylic acids is 1. The molecule has 0 saturated carbocycles. The Balaban J connectivity index is 2.29. The van der Waals surface area contributed by atoms with Crippen LogP contribution in [0.3, 0.4) is 0 Å². The molecule has 1 aromatic carbocycles. The van der Waals surface area contributed by atoms with Gasteiger partial charge >= 0.3 is 5.97 Å². The van der Waals surface area contributed by atoms with Gasteiger partial charge < -0.3 is 10.4 Å². The van der Waals surface area contributed by atoms with Crippen molar-refractivity contribution in [3.05, 3.63) is 40.2 Å². The molecular formula is C12H8FN3O2S. The second-order valence-corrected chi connectivity index (χ2v) is 4.67. The van der Waals surface area contributed by atoms with Gasteiger partial charge in [-0.3, -0.25) is 0 Å². The Kier molecular flexibility index (Phi) is 3.44. The zero-order chi connectivity index (χ0) is 14.0. The Labute approximate surface area is 112 Å². The highest BCUT2D eigenvalue weighted by molar-refractivity contribution is 7.17. The highest BCUT2D eigenvalue weighted by Crippen LogP contribution is 2.27. The first-order valence-electron chi connectivity index (χ1n) is 5.18. The normalized spacial score (nSPS) is 9.95. The molecule has 0 saturated heterocycles. The molecule has 96 valence electrons. The minimum absolute atomic E-state index is 0.108. The number of rotatable bonds is 3. The smallest absolute Gasteiger partial charge is 0.347 e. The van der Waals surface area contributed by atoms with Crippen molar-refractivity contribution in [1.29, 1.82) is 5.26 Å². The van der Waals surface area contributed by atoms with E-state index in [4.69, 9.17) is 10.4 Å². The van der Waals surface area contributed by atoms with Gasteiger partial charge in [0.2, 0.25) is 0 Å². The number of halogens is 1. The van der Waals surface area contributed by atoms with Crippen LogP contribution in [0.15, 0.2) is 18.2 Å². The minimum Gasteiger partial charge on any atom is -0.477 e. The summed E-state index contributed by atoms with van der Waals surface area (Å²) in [6, 6.07) is 5.80. The van der Waals surface area contributed by atoms with Crippen LogP contribution in [0.25, 0.3) is 0 Å². The molecule has 0 aliphatic carbocycles. The molecule has 0 radical (unpaired) electrons. The maximum absolute atomic E-state index is 13.6. The highest BCUT2D eigenvalue weighted by atomic mass is 32.1. The fourth-order valence-corrected chi connectivity index (χ4v) is 2.27. The van der Waals surface area contributed by atoms with Crippen LogP contribution < -0.4 is 5.32 Å². The Morgan fingerprint density at radius 3 is 2.84 bits per heavy atom. The third-order valence-corrected chi connectivity index (χ3v) is 3.39. The van der Waals surface area contributed by atoms with E-state index in [1.807, 2.05) is 6.07 Å². The Morgan fingerprint density at radius 2 is 2.32 bits per heavy atom. The largest absolute Gasteiger partial charge is 0.477 e. The van der Waals surface area contributed by atoms with Crippen LogP contribution in [0.1, 0.15) is 20.9 Å². The zero-order valence-electron chi connectivity index (χ0n) is 9.77. The molecule has 19 heavy (non-hydrogen) atoms.